The van der Waals surface area contributed by atoms with Gasteiger partial charge >= 0.3 is 0 Å². The van der Waals surface area contributed by atoms with Gasteiger partial charge in [0.15, 0.2) is 6.19 Å². The number of nitriles is 1. The predicted octanol–water partition coefficient (Wildman–Crippen LogP) is 1.96. The van der Waals surface area contributed by atoms with Crippen molar-refractivity contribution >= 4 is 15.9 Å². The standard InChI is InChI=1S/C7H7BrN2/c1-6-3-2-4-10(5-9)7(6)8/h2-4,7H,1H3. The molecular formula is C7H7BrN2. The lowest BCUT2D eigenvalue weighted by Gasteiger charge is -2.20. The van der Waals surface area contributed by atoms with Gasteiger partial charge in [0.1, 0.15) is 4.95 Å². The van der Waals surface area contributed by atoms with E-state index in [-0.39, 0.29) is 4.95 Å². The van der Waals surface area contributed by atoms with Gasteiger partial charge in [-0.15, -0.1) is 0 Å². The van der Waals surface area contributed by atoms with Gasteiger partial charge in [0.05, 0.1) is 0 Å². The Morgan fingerprint density at radius 1 is 1.80 bits per heavy atom. The minimum Gasteiger partial charge on any atom is -0.269 e. The molecule has 0 bridgehead atoms. The molecule has 1 unspecified atom stereocenters. The monoisotopic (exact) mass is 198 g/mol. The molecule has 0 radical (unpaired) electrons. The summed E-state index contributed by atoms with van der Waals surface area (Å²) in [7, 11) is 0. The summed E-state index contributed by atoms with van der Waals surface area (Å²) in [5.41, 5.74) is 1.14. The molecule has 0 aromatic heterocycles. The van der Waals surface area contributed by atoms with Crippen molar-refractivity contribution in [1.82, 2.24) is 4.90 Å². The van der Waals surface area contributed by atoms with Crippen LogP contribution in [0.5, 0.6) is 0 Å². The van der Waals surface area contributed by atoms with Crippen LogP contribution in [0.3, 0.4) is 0 Å². The Bertz CT molecular complexity index is 224. The molecule has 1 aliphatic rings. The molecule has 1 heterocycles. The molecule has 0 N–H and O–H groups in total. The Kier molecular flexibility index (Phi) is 2.13. The molecule has 0 aromatic rings. The van der Waals surface area contributed by atoms with E-state index in [0.29, 0.717) is 0 Å². The number of nitrogens with zero attached hydrogens (tertiary/aromatic N) is 2. The maximum Gasteiger partial charge on any atom is 0.185 e. The summed E-state index contributed by atoms with van der Waals surface area (Å²) in [6.45, 7) is 1.98. The third-order valence-corrected chi connectivity index (χ3v) is 2.50. The van der Waals surface area contributed by atoms with Crippen LogP contribution in [0, 0.1) is 11.5 Å². The molecule has 0 aliphatic carbocycles. The van der Waals surface area contributed by atoms with Gasteiger partial charge in [0, 0.05) is 6.20 Å². The SMILES string of the molecule is CC1=CC=CN(C#N)C1Br. The molecule has 0 saturated heterocycles. The Morgan fingerprint density at radius 3 is 3.00 bits per heavy atom. The molecule has 3 heteroatoms. The molecule has 1 aliphatic heterocycles. The van der Waals surface area contributed by atoms with Crippen LogP contribution in [0.4, 0.5) is 0 Å². The fourth-order valence-corrected chi connectivity index (χ4v) is 1.13. The van der Waals surface area contributed by atoms with E-state index >= 15 is 0 Å². The third-order valence-electron chi connectivity index (χ3n) is 1.34. The highest BCUT2D eigenvalue weighted by atomic mass is 79.9. The van der Waals surface area contributed by atoms with Crippen molar-refractivity contribution in [2.45, 2.75) is 11.9 Å². The first-order valence-electron chi connectivity index (χ1n) is 2.93. The molecular weight excluding hydrogens is 192 g/mol. The fraction of sp³-hybridized carbons (Fsp3) is 0.286. The van der Waals surface area contributed by atoms with E-state index in [2.05, 4.69) is 15.9 Å². The van der Waals surface area contributed by atoms with Crippen LogP contribution in [0.2, 0.25) is 0 Å². The number of hydrogen-bond acceptors (Lipinski definition) is 2. The van der Waals surface area contributed by atoms with Crippen molar-refractivity contribution in [3.05, 3.63) is 23.9 Å². The van der Waals surface area contributed by atoms with Crippen LogP contribution in [-0.2, 0) is 0 Å². The normalized spacial score (nSPS) is 23.9. The average Bonchev–Trinajstić information content (AvgIpc) is 1.95. The van der Waals surface area contributed by atoms with Crippen molar-refractivity contribution in [1.29, 1.82) is 5.26 Å². The highest BCUT2D eigenvalue weighted by Crippen LogP contribution is 2.19. The second-order valence-corrected chi connectivity index (χ2v) is 2.96. The molecule has 0 fully saturated rings. The molecule has 0 spiro atoms. The van der Waals surface area contributed by atoms with Gasteiger partial charge in [-0.25, -0.2) is 0 Å². The third kappa shape index (κ3) is 1.22. The van der Waals surface area contributed by atoms with Crippen molar-refractivity contribution in [3.63, 3.8) is 0 Å². The van der Waals surface area contributed by atoms with Gasteiger partial charge in [-0.3, -0.25) is 4.90 Å². The number of rotatable bonds is 0. The maximum atomic E-state index is 8.55. The summed E-state index contributed by atoms with van der Waals surface area (Å²) in [6.07, 6.45) is 7.62. The number of halogens is 1. The Balaban J connectivity index is 2.80. The van der Waals surface area contributed by atoms with Crippen LogP contribution in [-0.4, -0.2) is 9.85 Å². The summed E-state index contributed by atoms with van der Waals surface area (Å²) in [6, 6.07) is 0. The molecule has 52 valence electrons. The summed E-state index contributed by atoms with van der Waals surface area (Å²) in [4.78, 5) is 1.59. The van der Waals surface area contributed by atoms with E-state index in [1.165, 1.54) is 0 Å². The molecule has 10 heavy (non-hydrogen) atoms. The summed E-state index contributed by atoms with van der Waals surface area (Å²) < 4.78 is 0. The molecule has 1 rings (SSSR count). The number of allylic oxidation sites excluding steroid dienone is 2. The zero-order chi connectivity index (χ0) is 7.56. The van der Waals surface area contributed by atoms with Gasteiger partial charge in [0.2, 0.25) is 0 Å². The van der Waals surface area contributed by atoms with Crippen molar-refractivity contribution in [3.8, 4) is 6.19 Å². The van der Waals surface area contributed by atoms with Gasteiger partial charge in [0.25, 0.3) is 0 Å². The molecule has 2 nitrogen and oxygen atoms in total. The highest BCUT2D eigenvalue weighted by molar-refractivity contribution is 9.09. The van der Waals surface area contributed by atoms with E-state index in [4.69, 9.17) is 5.26 Å². The minimum atomic E-state index is 0.0440. The first-order chi connectivity index (χ1) is 4.75. The molecule has 1 atom stereocenters. The second kappa shape index (κ2) is 2.89. The van der Waals surface area contributed by atoms with E-state index in [0.717, 1.165) is 5.57 Å². The Morgan fingerprint density at radius 2 is 2.50 bits per heavy atom. The largest absolute Gasteiger partial charge is 0.269 e. The van der Waals surface area contributed by atoms with Crippen molar-refractivity contribution in [2.75, 3.05) is 0 Å². The molecule has 0 aromatic carbocycles. The zero-order valence-corrected chi connectivity index (χ0v) is 7.17. The Labute approximate surface area is 68.6 Å². The van der Waals surface area contributed by atoms with E-state index < -0.39 is 0 Å². The van der Waals surface area contributed by atoms with Gasteiger partial charge < -0.3 is 0 Å². The van der Waals surface area contributed by atoms with E-state index in [1.807, 2.05) is 25.3 Å². The molecule has 0 amide bonds. The predicted molar refractivity (Wildman–Crippen MR) is 43.1 cm³/mol. The lowest BCUT2D eigenvalue weighted by molar-refractivity contribution is 0.534. The quantitative estimate of drug-likeness (QED) is 0.338. The van der Waals surface area contributed by atoms with Crippen LogP contribution in [0.1, 0.15) is 6.92 Å². The first-order valence-corrected chi connectivity index (χ1v) is 3.84. The van der Waals surface area contributed by atoms with Crippen LogP contribution in [0.25, 0.3) is 0 Å². The number of hydrogen-bond donors (Lipinski definition) is 0. The van der Waals surface area contributed by atoms with Crippen molar-refractivity contribution in [2.24, 2.45) is 0 Å². The smallest absolute Gasteiger partial charge is 0.185 e. The fourth-order valence-electron chi connectivity index (χ4n) is 0.746. The maximum absolute atomic E-state index is 8.55. The molecule has 0 saturated carbocycles. The zero-order valence-electron chi connectivity index (χ0n) is 5.58. The Hall–Kier alpha value is -0.750. The highest BCUT2D eigenvalue weighted by Gasteiger charge is 2.14. The van der Waals surface area contributed by atoms with Crippen molar-refractivity contribution < 1.29 is 0 Å². The van der Waals surface area contributed by atoms with Gasteiger partial charge in [-0.2, -0.15) is 5.26 Å². The lowest BCUT2D eigenvalue weighted by atomic mass is 10.2. The number of alkyl halides is 1. The van der Waals surface area contributed by atoms with Gasteiger partial charge in [-0.1, -0.05) is 22.0 Å². The lowest BCUT2D eigenvalue weighted by Crippen LogP contribution is -2.23. The minimum absolute atomic E-state index is 0.0440. The first kappa shape index (κ1) is 7.36. The van der Waals surface area contributed by atoms with Gasteiger partial charge in [-0.05, 0) is 18.6 Å². The van der Waals surface area contributed by atoms with E-state index in [9.17, 15) is 0 Å². The van der Waals surface area contributed by atoms with Crippen LogP contribution >= 0.6 is 15.9 Å². The topological polar surface area (TPSA) is 27.0 Å². The van der Waals surface area contributed by atoms with E-state index in [1.54, 1.807) is 11.1 Å². The second-order valence-electron chi connectivity index (χ2n) is 2.10. The van der Waals surface area contributed by atoms with Crippen LogP contribution in [0.15, 0.2) is 23.9 Å². The summed E-state index contributed by atoms with van der Waals surface area (Å²) in [5.74, 6) is 0. The summed E-state index contributed by atoms with van der Waals surface area (Å²) in [5, 5.41) is 8.55. The summed E-state index contributed by atoms with van der Waals surface area (Å²) >= 11 is 3.36. The average molecular weight is 199 g/mol. The van der Waals surface area contributed by atoms with Crippen LogP contribution < -0.4 is 0 Å².